The highest BCUT2D eigenvalue weighted by atomic mass is 32.2. The molecule has 1 amide bonds. The van der Waals surface area contributed by atoms with Crippen molar-refractivity contribution in [3.8, 4) is 0 Å². The molecular weight excluding hydrogens is 398 g/mol. The Morgan fingerprint density at radius 1 is 1.07 bits per heavy atom. The predicted molar refractivity (Wildman–Crippen MR) is 110 cm³/mol. The molecule has 0 aliphatic carbocycles. The molecule has 7 nitrogen and oxygen atoms in total. The summed E-state index contributed by atoms with van der Waals surface area (Å²) in [6.45, 7) is 5.25. The Morgan fingerprint density at radius 2 is 1.75 bits per heavy atom. The van der Waals surface area contributed by atoms with E-state index in [4.69, 9.17) is 4.42 Å². The van der Waals surface area contributed by atoms with Crippen molar-refractivity contribution < 1.29 is 17.6 Å². The normalized spacial score (nSPS) is 13.0. The number of anilines is 1. The van der Waals surface area contributed by atoms with Crippen molar-refractivity contribution in [2.45, 2.75) is 42.2 Å². The number of nitrogens with one attached hydrogen (secondary N) is 2. The molecule has 3 rings (SSSR count). The summed E-state index contributed by atoms with van der Waals surface area (Å²) in [7, 11) is -3.56. The van der Waals surface area contributed by atoms with E-state index in [0.717, 1.165) is 5.52 Å². The van der Waals surface area contributed by atoms with Crippen LogP contribution in [-0.4, -0.2) is 30.6 Å². The number of oxazole rings is 1. The lowest BCUT2D eigenvalue weighted by atomic mass is 10.3. The molecule has 0 saturated heterocycles. The second-order valence-corrected chi connectivity index (χ2v) is 9.50. The largest absolute Gasteiger partial charge is 0.431 e. The highest BCUT2D eigenvalue weighted by molar-refractivity contribution is 8.00. The second kappa shape index (κ2) is 8.34. The second-order valence-electron chi connectivity index (χ2n) is 6.50. The van der Waals surface area contributed by atoms with Crippen molar-refractivity contribution in [3.63, 3.8) is 0 Å². The van der Waals surface area contributed by atoms with Crippen LogP contribution in [0.4, 0.5) is 5.69 Å². The first kappa shape index (κ1) is 20.4. The van der Waals surface area contributed by atoms with Gasteiger partial charge >= 0.3 is 0 Å². The van der Waals surface area contributed by atoms with Crippen LogP contribution in [0.1, 0.15) is 20.8 Å². The third kappa shape index (κ3) is 4.92. The summed E-state index contributed by atoms with van der Waals surface area (Å²) in [4.78, 5) is 16.9. The van der Waals surface area contributed by atoms with E-state index in [1.165, 1.54) is 23.9 Å². The number of sulfonamides is 1. The van der Waals surface area contributed by atoms with Gasteiger partial charge < -0.3 is 9.73 Å². The monoisotopic (exact) mass is 419 g/mol. The Hall–Kier alpha value is -2.36. The van der Waals surface area contributed by atoms with Gasteiger partial charge in [0.1, 0.15) is 5.52 Å². The number of benzene rings is 2. The molecule has 1 atom stereocenters. The molecular formula is C19H21N3O4S2. The number of carbonyl (C=O) groups excluding carboxylic acids is 1. The number of fused-ring (bicyclic) bond motifs is 1. The zero-order valence-electron chi connectivity index (χ0n) is 15.7. The Balaban J connectivity index is 1.63. The number of thioether (sulfide) groups is 1. The van der Waals surface area contributed by atoms with E-state index >= 15 is 0 Å². The maximum absolute atomic E-state index is 12.4. The molecule has 0 radical (unpaired) electrons. The van der Waals surface area contributed by atoms with E-state index in [9.17, 15) is 13.2 Å². The van der Waals surface area contributed by atoms with Crippen LogP contribution in [0.3, 0.4) is 0 Å². The van der Waals surface area contributed by atoms with Gasteiger partial charge in [0, 0.05) is 11.7 Å². The fourth-order valence-electron chi connectivity index (χ4n) is 2.45. The van der Waals surface area contributed by atoms with Crippen molar-refractivity contribution in [2.75, 3.05) is 5.32 Å². The lowest BCUT2D eigenvalue weighted by Gasteiger charge is -2.12. The van der Waals surface area contributed by atoms with Crippen molar-refractivity contribution in [1.82, 2.24) is 9.71 Å². The molecule has 0 saturated carbocycles. The summed E-state index contributed by atoms with van der Waals surface area (Å²) in [6.07, 6.45) is 0. The van der Waals surface area contributed by atoms with Gasteiger partial charge in [0.05, 0.1) is 10.1 Å². The highest BCUT2D eigenvalue weighted by Gasteiger charge is 2.19. The quantitative estimate of drug-likeness (QED) is 0.567. The number of nitrogens with zero attached hydrogens (tertiary/aromatic N) is 1. The molecule has 0 unspecified atom stereocenters. The van der Waals surface area contributed by atoms with E-state index in [2.05, 4.69) is 15.0 Å². The summed E-state index contributed by atoms with van der Waals surface area (Å²) in [5.74, 6) is -0.233. The highest BCUT2D eigenvalue weighted by Crippen LogP contribution is 2.27. The molecule has 9 heteroatoms. The van der Waals surface area contributed by atoms with Crippen LogP contribution in [0.5, 0.6) is 0 Å². The van der Waals surface area contributed by atoms with E-state index in [0.29, 0.717) is 16.5 Å². The molecule has 1 heterocycles. The molecule has 0 bridgehead atoms. The Morgan fingerprint density at radius 3 is 2.39 bits per heavy atom. The number of amides is 1. The summed E-state index contributed by atoms with van der Waals surface area (Å²) in [6, 6.07) is 13.2. The number of hydrogen-bond acceptors (Lipinski definition) is 6. The van der Waals surface area contributed by atoms with Crippen LogP contribution in [0.15, 0.2) is 63.1 Å². The minimum absolute atomic E-state index is 0.146. The van der Waals surface area contributed by atoms with Gasteiger partial charge in [-0.3, -0.25) is 4.79 Å². The first-order chi connectivity index (χ1) is 13.2. The zero-order valence-corrected chi connectivity index (χ0v) is 17.3. The zero-order chi connectivity index (χ0) is 20.3. The molecule has 3 aromatic rings. The summed E-state index contributed by atoms with van der Waals surface area (Å²) in [5, 5.41) is 2.75. The van der Waals surface area contributed by atoms with E-state index in [1.54, 1.807) is 32.9 Å². The summed E-state index contributed by atoms with van der Waals surface area (Å²) >= 11 is 1.22. The Labute approximate surface area is 168 Å². The summed E-state index contributed by atoms with van der Waals surface area (Å²) in [5.41, 5.74) is 1.92. The van der Waals surface area contributed by atoms with Gasteiger partial charge in [-0.25, -0.2) is 18.1 Å². The van der Waals surface area contributed by atoms with Crippen LogP contribution >= 0.6 is 11.8 Å². The van der Waals surface area contributed by atoms with Crippen molar-refractivity contribution >= 4 is 44.5 Å². The SMILES string of the molecule is CC(C)NS(=O)(=O)c1ccc(NC(=O)[C@@H](C)Sc2nc3ccccc3o2)cc1. The minimum Gasteiger partial charge on any atom is -0.431 e. The van der Waals surface area contributed by atoms with Crippen molar-refractivity contribution in [1.29, 1.82) is 0 Å². The molecule has 1 aromatic heterocycles. The Bertz CT molecular complexity index is 1040. The average Bonchev–Trinajstić information content (AvgIpc) is 3.03. The predicted octanol–water partition coefficient (Wildman–Crippen LogP) is 3.63. The molecule has 148 valence electrons. The number of carbonyl (C=O) groups is 1. The fraction of sp³-hybridized carbons (Fsp3) is 0.263. The maximum Gasteiger partial charge on any atom is 0.257 e. The first-order valence-corrected chi connectivity index (χ1v) is 11.1. The smallest absolute Gasteiger partial charge is 0.257 e. The van der Waals surface area contributed by atoms with Crippen LogP contribution in [-0.2, 0) is 14.8 Å². The molecule has 2 aromatic carbocycles. The Kier molecular flexibility index (Phi) is 6.07. The van der Waals surface area contributed by atoms with Gasteiger partial charge in [-0.1, -0.05) is 23.9 Å². The van der Waals surface area contributed by atoms with Crippen molar-refractivity contribution in [2.24, 2.45) is 0 Å². The lowest BCUT2D eigenvalue weighted by molar-refractivity contribution is -0.115. The molecule has 0 fully saturated rings. The number of para-hydroxylation sites is 2. The molecule has 2 N–H and O–H groups in total. The number of rotatable bonds is 7. The molecule has 28 heavy (non-hydrogen) atoms. The van der Waals surface area contributed by atoms with Crippen molar-refractivity contribution in [3.05, 3.63) is 48.5 Å². The molecule has 0 aliphatic rings. The van der Waals surface area contributed by atoms with Crippen LogP contribution < -0.4 is 10.0 Å². The van der Waals surface area contributed by atoms with Crippen LogP contribution in [0, 0.1) is 0 Å². The average molecular weight is 420 g/mol. The maximum atomic E-state index is 12.4. The van der Waals surface area contributed by atoms with Crippen LogP contribution in [0.25, 0.3) is 11.1 Å². The topological polar surface area (TPSA) is 101 Å². The van der Waals surface area contributed by atoms with E-state index < -0.39 is 15.3 Å². The standard InChI is InChI=1S/C19H21N3O4S2/c1-12(2)22-28(24,25)15-10-8-14(9-11-15)20-18(23)13(3)27-19-21-16-6-4-5-7-17(16)26-19/h4-13,22H,1-3H3,(H,20,23)/t13-/m1/s1. The lowest BCUT2D eigenvalue weighted by Crippen LogP contribution is -2.30. The third-order valence-electron chi connectivity index (χ3n) is 3.74. The van der Waals surface area contributed by atoms with Gasteiger partial charge in [-0.05, 0) is 57.2 Å². The van der Waals surface area contributed by atoms with Gasteiger partial charge in [-0.2, -0.15) is 0 Å². The van der Waals surface area contributed by atoms with Gasteiger partial charge in [-0.15, -0.1) is 0 Å². The number of aromatic nitrogens is 1. The summed E-state index contributed by atoms with van der Waals surface area (Å²) < 4.78 is 32.4. The van der Waals surface area contributed by atoms with Crippen LogP contribution in [0.2, 0.25) is 0 Å². The van der Waals surface area contributed by atoms with E-state index in [-0.39, 0.29) is 16.8 Å². The van der Waals surface area contributed by atoms with Gasteiger partial charge in [0.25, 0.3) is 5.22 Å². The fourth-order valence-corrected chi connectivity index (χ4v) is 4.45. The number of hydrogen-bond donors (Lipinski definition) is 2. The minimum atomic E-state index is -3.56. The van der Waals surface area contributed by atoms with Gasteiger partial charge in [0.15, 0.2) is 5.58 Å². The van der Waals surface area contributed by atoms with E-state index in [1.807, 2.05) is 24.3 Å². The third-order valence-corrected chi connectivity index (χ3v) is 6.36. The first-order valence-electron chi connectivity index (χ1n) is 8.70. The molecule has 0 aliphatic heterocycles. The molecule has 0 spiro atoms. The van der Waals surface area contributed by atoms with Gasteiger partial charge in [0.2, 0.25) is 15.9 Å².